The van der Waals surface area contributed by atoms with Gasteiger partial charge in [-0.05, 0) is 24.8 Å². The summed E-state index contributed by atoms with van der Waals surface area (Å²) >= 11 is 1.62. The highest BCUT2D eigenvalue weighted by atomic mass is 32.1. The molecular weight excluding hydrogens is 132 g/mol. The summed E-state index contributed by atoms with van der Waals surface area (Å²) in [6.45, 7) is 3.91. The zero-order valence-electron chi connectivity index (χ0n) is 5.47. The van der Waals surface area contributed by atoms with E-state index in [0.29, 0.717) is 0 Å². The lowest BCUT2D eigenvalue weighted by Gasteiger charge is -1.85. The van der Waals surface area contributed by atoms with Crippen LogP contribution < -0.4 is 0 Å². The molecule has 48 valence electrons. The van der Waals surface area contributed by atoms with Gasteiger partial charge in [-0.15, -0.1) is 11.3 Å². The fourth-order valence-electron chi connectivity index (χ4n) is 0.757. The van der Waals surface area contributed by atoms with Crippen LogP contribution in [0.2, 0.25) is 0 Å². The standard InChI is InChI=1S/C7H8OS/c1-5-4-9-6(2)7(5)3-8/h3-4H,1-2H3. The van der Waals surface area contributed by atoms with Gasteiger partial charge in [0.05, 0.1) is 0 Å². The fourth-order valence-corrected chi connectivity index (χ4v) is 1.57. The van der Waals surface area contributed by atoms with Crippen LogP contribution in [0.4, 0.5) is 0 Å². The summed E-state index contributed by atoms with van der Waals surface area (Å²) in [6, 6.07) is 0. The van der Waals surface area contributed by atoms with Gasteiger partial charge in [0, 0.05) is 10.4 Å². The van der Waals surface area contributed by atoms with Gasteiger partial charge >= 0.3 is 0 Å². The number of carbonyl (C=O) groups excluding carboxylic acids is 1. The Kier molecular flexibility index (Phi) is 1.67. The Morgan fingerprint density at radius 1 is 1.56 bits per heavy atom. The highest BCUT2D eigenvalue weighted by molar-refractivity contribution is 7.10. The minimum absolute atomic E-state index is 0.861. The average Bonchev–Trinajstić information content (AvgIpc) is 2.12. The third-order valence-electron chi connectivity index (χ3n) is 1.33. The van der Waals surface area contributed by atoms with E-state index in [1.807, 2.05) is 19.2 Å². The Bertz CT molecular complexity index is 205. The summed E-state index contributed by atoms with van der Waals surface area (Å²) in [4.78, 5) is 11.4. The van der Waals surface area contributed by atoms with Crippen molar-refractivity contribution in [2.45, 2.75) is 13.8 Å². The van der Waals surface area contributed by atoms with Crippen LogP contribution in [0.1, 0.15) is 20.8 Å². The molecule has 1 aromatic heterocycles. The van der Waals surface area contributed by atoms with Crippen LogP contribution >= 0.6 is 11.3 Å². The molecule has 0 atom stereocenters. The number of rotatable bonds is 1. The monoisotopic (exact) mass is 140 g/mol. The predicted molar refractivity (Wildman–Crippen MR) is 39.2 cm³/mol. The van der Waals surface area contributed by atoms with Crippen LogP contribution in [-0.4, -0.2) is 6.29 Å². The van der Waals surface area contributed by atoms with Crippen molar-refractivity contribution in [2.75, 3.05) is 0 Å². The first-order valence-electron chi connectivity index (χ1n) is 2.75. The van der Waals surface area contributed by atoms with Gasteiger partial charge in [0.25, 0.3) is 0 Å². The molecular formula is C7H8OS. The Morgan fingerprint density at radius 2 is 2.22 bits per heavy atom. The molecule has 0 saturated carbocycles. The third-order valence-corrected chi connectivity index (χ3v) is 2.38. The van der Waals surface area contributed by atoms with Gasteiger partial charge < -0.3 is 0 Å². The van der Waals surface area contributed by atoms with Crippen molar-refractivity contribution in [2.24, 2.45) is 0 Å². The van der Waals surface area contributed by atoms with Crippen molar-refractivity contribution in [1.29, 1.82) is 0 Å². The number of carbonyl (C=O) groups is 1. The molecule has 0 spiro atoms. The number of hydrogen-bond acceptors (Lipinski definition) is 2. The van der Waals surface area contributed by atoms with Crippen molar-refractivity contribution in [1.82, 2.24) is 0 Å². The predicted octanol–water partition coefficient (Wildman–Crippen LogP) is 2.18. The molecule has 1 aromatic rings. The molecule has 0 radical (unpaired) electrons. The van der Waals surface area contributed by atoms with Crippen molar-refractivity contribution in [3.8, 4) is 0 Å². The second-order valence-corrected chi connectivity index (χ2v) is 3.09. The highest BCUT2D eigenvalue weighted by Crippen LogP contribution is 2.17. The van der Waals surface area contributed by atoms with E-state index in [4.69, 9.17) is 0 Å². The second-order valence-electron chi connectivity index (χ2n) is 2.01. The smallest absolute Gasteiger partial charge is 0.151 e. The molecule has 0 saturated heterocycles. The van der Waals surface area contributed by atoms with Crippen LogP contribution in [0.25, 0.3) is 0 Å². The van der Waals surface area contributed by atoms with Crippen molar-refractivity contribution < 1.29 is 4.79 Å². The van der Waals surface area contributed by atoms with Gasteiger partial charge in [-0.2, -0.15) is 0 Å². The topological polar surface area (TPSA) is 17.1 Å². The number of thiophene rings is 1. The maximum Gasteiger partial charge on any atom is 0.151 e. The lowest BCUT2D eigenvalue weighted by Crippen LogP contribution is -1.80. The summed E-state index contributed by atoms with van der Waals surface area (Å²) in [6.07, 6.45) is 0.918. The second kappa shape index (κ2) is 2.31. The Hall–Kier alpha value is -0.630. The van der Waals surface area contributed by atoms with E-state index in [-0.39, 0.29) is 0 Å². The van der Waals surface area contributed by atoms with Crippen LogP contribution in [0.15, 0.2) is 5.38 Å². The van der Waals surface area contributed by atoms with E-state index in [0.717, 1.165) is 22.3 Å². The van der Waals surface area contributed by atoms with E-state index in [1.165, 1.54) is 0 Å². The molecule has 0 fully saturated rings. The largest absolute Gasteiger partial charge is 0.298 e. The lowest BCUT2D eigenvalue weighted by molar-refractivity contribution is 0.112. The first-order chi connectivity index (χ1) is 4.25. The van der Waals surface area contributed by atoms with E-state index in [9.17, 15) is 4.79 Å². The number of aldehydes is 1. The van der Waals surface area contributed by atoms with Crippen molar-refractivity contribution in [3.63, 3.8) is 0 Å². The van der Waals surface area contributed by atoms with E-state index < -0.39 is 0 Å². The molecule has 0 bridgehead atoms. The van der Waals surface area contributed by atoms with Gasteiger partial charge in [-0.1, -0.05) is 0 Å². The summed E-state index contributed by atoms with van der Waals surface area (Å²) in [5.41, 5.74) is 1.95. The summed E-state index contributed by atoms with van der Waals surface area (Å²) in [5, 5.41) is 2.00. The first-order valence-corrected chi connectivity index (χ1v) is 3.63. The molecule has 1 heterocycles. The molecule has 2 heteroatoms. The SMILES string of the molecule is Cc1csc(C)c1C=O. The molecule has 0 N–H and O–H groups in total. The summed E-state index contributed by atoms with van der Waals surface area (Å²) < 4.78 is 0. The van der Waals surface area contributed by atoms with E-state index in [2.05, 4.69) is 0 Å². The zero-order chi connectivity index (χ0) is 6.85. The number of hydrogen-bond donors (Lipinski definition) is 0. The molecule has 0 amide bonds. The summed E-state index contributed by atoms with van der Waals surface area (Å²) in [7, 11) is 0. The van der Waals surface area contributed by atoms with Gasteiger partial charge in [-0.3, -0.25) is 4.79 Å². The van der Waals surface area contributed by atoms with Crippen LogP contribution in [0.5, 0.6) is 0 Å². The molecule has 0 aromatic carbocycles. The van der Waals surface area contributed by atoms with Crippen LogP contribution in [-0.2, 0) is 0 Å². The molecule has 0 unspecified atom stereocenters. The Balaban J connectivity index is 3.22. The maximum atomic E-state index is 10.3. The average molecular weight is 140 g/mol. The van der Waals surface area contributed by atoms with Crippen LogP contribution in [0.3, 0.4) is 0 Å². The Labute approximate surface area is 58.3 Å². The van der Waals surface area contributed by atoms with Crippen molar-refractivity contribution >= 4 is 17.6 Å². The molecule has 0 aliphatic rings. The van der Waals surface area contributed by atoms with Crippen molar-refractivity contribution in [3.05, 3.63) is 21.4 Å². The van der Waals surface area contributed by atoms with Crippen LogP contribution in [0, 0.1) is 13.8 Å². The van der Waals surface area contributed by atoms with E-state index in [1.54, 1.807) is 11.3 Å². The molecule has 1 rings (SSSR count). The minimum Gasteiger partial charge on any atom is -0.298 e. The van der Waals surface area contributed by atoms with Gasteiger partial charge in [0.15, 0.2) is 6.29 Å². The normalized spacial score (nSPS) is 9.56. The first kappa shape index (κ1) is 6.49. The fraction of sp³-hybridized carbons (Fsp3) is 0.286. The Morgan fingerprint density at radius 3 is 2.44 bits per heavy atom. The maximum absolute atomic E-state index is 10.3. The molecule has 1 nitrogen and oxygen atoms in total. The van der Waals surface area contributed by atoms with E-state index >= 15 is 0 Å². The van der Waals surface area contributed by atoms with Gasteiger partial charge in [0.2, 0.25) is 0 Å². The third kappa shape index (κ3) is 1.03. The lowest BCUT2D eigenvalue weighted by atomic mass is 10.2. The quantitative estimate of drug-likeness (QED) is 0.546. The molecule has 0 aliphatic carbocycles. The van der Waals surface area contributed by atoms with Gasteiger partial charge in [-0.25, -0.2) is 0 Å². The van der Waals surface area contributed by atoms with Gasteiger partial charge in [0.1, 0.15) is 0 Å². The summed E-state index contributed by atoms with van der Waals surface area (Å²) in [5.74, 6) is 0. The molecule has 9 heavy (non-hydrogen) atoms. The molecule has 0 aliphatic heterocycles. The number of aryl methyl sites for hydroxylation is 2. The highest BCUT2D eigenvalue weighted by Gasteiger charge is 2.00. The minimum atomic E-state index is 0.861. The zero-order valence-corrected chi connectivity index (χ0v) is 6.29.